The molecule has 0 aliphatic carbocycles. The van der Waals surface area contributed by atoms with E-state index in [1.165, 1.54) is 0 Å². The third-order valence-corrected chi connectivity index (χ3v) is 4.64. The van der Waals surface area contributed by atoms with Gasteiger partial charge >= 0.3 is 11.9 Å². The van der Waals surface area contributed by atoms with Crippen LogP contribution in [0.15, 0.2) is 0 Å². The lowest BCUT2D eigenvalue weighted by Gasteiger charge is -2.24. The van der Waals surface area contributed by atoms with E-state index in [9.17, 15) is 38.7 Å². The van der Waals surface area contributed by atoms with E-state index in [1.807, 2.05) is 0 Å². The van der Waals surface area contributed by atoms with Crippen molar-refractivity contribution < 1.29 is 43.8 Å². The van der Waals surface area contributed by atoms with Gasteiger partial charge in [-0.05, 0) is 32.2 Å². The van der Waals surface area contributed by atoms with Crippen LogP contribution in [0.2, 0.25) is 0 Å². The summed E-state index contributed by atoms with van der Waals surface area (Å²) >= 11 is 0. The summed E-state index contributed by atoms with van der Waals surface area (Å²) in [5, 5.41) is 24.8. The van der Waals surface area contributed by atoms with Crippen LogP contribution >= 0.6 is 0 Å². The number of aliphatic carboxylic acids is 2. The molecule has 35 heavy (non-hydrogen) atoms. The third-order valence-electron chi connectivity index (χ3n) is 4.64. The van der Waals surface area contributed by atoms with Crippen molar-refractivity contribution in [2.24, 2.45) is 22.9 Å². The van der Waals surface area contributed by atoms with E-state index < -0.39 is 91.3 Å². The molecule has 0 spiro atoms. The fourth-order valence-corrected chi connectivity index (χ4v) is 2.83. The Hall–Kier alpha value is -3.79. The highest BCUT2D eigenvalue weighted by molar-refractivity contribution is 5.96. The maximum atomic E-state index is 12.7. The zero-order valence-electron chi connectivity index (χ0n) is 19.0. The summed E-state index contributed by atoms with van der Waals surface area (Å²) in [5.41, 5.74) is 21.0. The number of hydrogen-bond acceptors (Lipinski definition) is 9. The topological polar surface area (TPSA) is 300 Å². The molecule has 0 aromatic rings. The number of rotatable bonds is 18. The second kappa shape index (κ2) is 15.9. The summed E-state index contributed by atoms with van der Waals surface area (Å²) < 4.78 is 0. The molecule has 0 heterocycles. The largest absolute Gasteiger partial charge is 0.481 e. The van der Waals surface area contributed by atoms with E-state index in [2.05, 4.69) is 16.0 Å². The molecule has 13 N–H and O–H groups in total. The highest BCUT2D eigenvalue weighted by Crippen LogP contribution is 2.05. The molecule has 16 nitrogen and oxygen atoms in total. The van der Waals surface area contributed by atoms with Crippen molar-refractivity contribution >= 4 is 41.5 Å². The molecule has 0 rings (SSSR count). The van der Waals surface area contributed by atoms with Gasteiger partial charge in [-0.15, -0.1) is 0 Å². The average molecular weight is 504 g/mol. The number of carboxylic acid groups (broad SMARTS) is 2. The minimum Gasteiger partial charge on any atom is -0.481 e. The first kappa shape index (κ1) is 31.2. The van der Waals surface area contributed by atoms with Gasteiger partial charge in [0.05, 0.1) is 18.9 Å². The molecule has 0 saturated carbocycles. The van der Waals surface area contributed by atoms with Crippen molar-refractivity contribution in [3.63, 3.8) is 0 Å². The van der Waals surface area contributed by atoms with Crippen LogP contribution in [0.3, 0.4) is 0 Å². The zero-order chi connectivity index (χ0) is 27.1. The molecule has 16 heteroatoms. The van der Waals surface area contributed by atoms with Crippen molar-refractivity contribution in [3.8, 4) is 0 Å². The van der Waals surface area contributed by atoms with Crippen molar-refractivity contribution in [2.45, 2.75) is 69.1 Å². The monoisotopic (exact) mass is 503 g/mol. The minimum absolute atomic E-state index is 0.0323. The summed E-state index contributed by atoms with van der Waals surface area (Å²) in [6.07, 6.45) is -1.35. The van der Waals surface area contributed by atoms with Crippen LogP contribution < -0.4 is 38.9 Å². The average Bonchev–Trinajstić information content (AvgIpc) is 2.73. The van der Waals surface area contributed by atoms with Gasteiger partial charge in [0.2, 0.25) is 29.5 Å². The first-order valence-electron chi connectivity index (χ1n) is 10.7. The molecule has 0 aromatic carbocycles. The van der Waals surface area contributed by atoms with Gasteiger partial charge in [-0.2, -0.15) is 0 Å². The van der Waals surface area contributed by atoms with Gasteiger partial charge in [0.15, 0.2) is 0 Å². The Morgan fingerprint density at radius 3 is 1.69 bits per heavy atom. The van der Waals surface area contributed by atoms with Crippen LogP contribution in [-0.2, 0) is 33.6 Å². The van der Waals surface area contributed by atoms with E-state index >= 15 is 0 Å². The molecule has 0 bridgehead atoms. The molecule has 0 fully saturated rings. The Kier molecular flexibility index (Phi) is 14.2. The lowest BCUT2D eigenvalue weighted by molar-refractivity contribution is -0.142. The maximum absolute atomic E-state index is 12.7. The first-order chi connectivity index (χ1) is 16.3. The SMILES string of the molecule is NCCCCC(NC(=O)C(CC(N)=O)NC(=O)C(CCC(=O)O)NC(=O)C(N)CC(N)=O)C(=O)O. The van der Waals surface area contributed by atoms with Crippen molar-refractivity contribution in [3.05, 3.63) is 0 Å². The number of hydrogen-bond donors (Lipinski definition) is 9. The summed E-state index contributed by atoms with van der Waals surface area (Å²) in [5.74, 6) is -7.64. The number of primary amides is 2. The van der Waals surface area contributed by atoms with E-state index in [-0.39, 0.29) is 6.42 Å². The molecule has 4 atom stereocenters. The molecular formula is C19H33N7O9. The van der Waals surface area contributed by atoms with Crippen LogP contribution in [0.25, 0.3) is 0 Å². The molecule has 4 unspecified atom stereocenters. The molecule has 0 radical (unpaired) electrons. The lowest BCUT2D eigenvalue weighted by atomic mass is 10.1. The molecule has 0 aliphatic heterocycles. The number of unbranched alkanes of at least 4 members (excludes halogenated alkanes) is 1. The van der Waals surface area contributed by atoms with Crippen molar-refractivity contribution in [1.29, 1.82) is 0 Å². The zero-order valence-corrected chi connectivity index (χ0v) is 19.0. The Morgan fingerprint density at radius 2 is 1.20 bits per heavy atom. The summed E-state index contributed by atoms with van der Waals surface area (Å²) in [6, 6.07) is -5.92. The van der Waals surface area contributed by atoms with Crippen molar-refractivity contribution in [2.75, 3.05) is 6.54 Å². The van der Waals surface area contributed by atoms with Gasteiger partial charge in [-0.3, -0.25) is 28.8 Å². The molecular weight excluding hydrogens is 470 g/mol. The van der Waals surface area contributed by atoms with Crippen LogP contribution in [0.5, 0.6) is 0 Å². The van der Waals surface area contributed by atoms with Gasteiger partial charge in [0.1, 0.15) is 18.1 Å². The highest BCUT2D eigenvalue weighted by Gasteiger charge is 2.31. The van der Waals surface area contributed by atoms with Crippen LogP contribution in [0, 0.1) is 0 Å². The Morgan fingerprint density at radius 1 is 0.686 bits per heavy atom. The predicted octanol–water partition coefficient (Wildman–Crippen LogP) is -4.40. The minimum atomic E-state index is -1.63. The molecule has 198 valence electrons. The maximum Gasteiger partial charge on any atom is 0.326 e. The van der Waals surface area contributed by atoms with Crippen LogP contribution in [0.1, 0.15) is 44.9 Å². The smallest absolute Gasteiger partial charge is 0.326 e. The second-order valence-electron chi connectivity index (χ2n) is 7.69. The summed E-state index contributed by atoms with van der Waals surface area (Å²) in [4.78, 5) is 82.3. The van der Waals surface area contributed by atoms with Gasteiger partial charge in [0.25, 0.3) is 0 Å². The summed E-state index contributed by atoms with van der Waals surface area (Å²) in [6.45, 7) is 0.313. The number of carboxylic acids is 2. The standard InChI is InChI=1S/C19H33N7O9/c20-6-2-1-3-11(19(34)35)25-18(33)12(8-14(23)28)26-17(32)10(4-5-15(29)30)24-16(31)9(21)7-13(22)27/h9-12H,1-8,20-21H2,(H2,22,27)(H2,23,28)(H,24,31)(H,25,33)(H,26,32)(H,29,30)(H,34,35). The van der Waals surface area contributed by atoms with Crippen molar-refractivity contribution in [1.82, 2.24) is 16.0 Å². The quantitative estimate of drug-likeness (QED) is 0.0804. The summed E-state index contributed by atoms with van der Waals surface area (Å²) in [7, 11) is 0. The number of amides is 5. The van der Waals surface area contributed by atoms with Gasteiger partial charge in [0, 0.05) is 6.42 Å². The number of carbonyl (C=O) groups excluding carboxylic acids is 5. The lowest BCUT2D eigenvalue weighted by Crippen LogP contribution is -2.58. The normalized spacial score (nSPS) is 14.0. The number of carbonyl (C=O) groups is 7. The van der Waals surface area contributed by atoms with Gasteiger partial charge in [-0.25, -0.2) is 4.79 Å². The van der Waals surface area contributed by atoms with Gasteiger partial charge in [-0.1, -0.05) is 0 Å². The molecule has 0 aromatic heterocycles. The van der Waals surface area contributed by atoms with E-state index in [4.69, 9.17) is 28.0 Å². The fourth-order valence-electron chi connectivity index (χ4n) is 2.83. The number of nitrogens with one attached hydrogen (secondary N) is 3. The molecule has 0 saturated heterocycles. The Balaban J connectivity index is 5.55. The number of nitrogens with two attached hydrogens (primary N) is 4. The van der Waals surface area contributed by atoms with Crippen LogP contribution in [-0.4, -0.2) is 82.4 Å². The highest BCUT2D eigenvalue weighted by atomic mass is 16.4. The van der Waals surface area contributed by atoms with E-state index in [1.54, 1.807) is 0 Å². The molecule has 0 aliphatic rings. The fraction of sp³-hybridized carbons (Fsp3) is 0.632. The Bertz CT molecular complexity index is 806. The van der Waals surface area contributed by atoms with Crippen LogP contribution in [0.4, 0.5) is 0 Å². The van der Waals surface area contributed by atoms with E-state index in [0.29, 0.717) is 19.4 Å². The molecule has 5 amide bonds. The first-order valence-corrected chi connectivity index (χ1v) is 10.7. The van der Waals surface area contributed by atoms with Gasteiger partial charge < -0.3 is 49.1 Å². The second-order valence-corrected chi connectivity index (χ2v) is 7.69. The Labute approximate surface area is 200 Å². The third kappa shape index (κ3) is 13.5. The van der Waals surface area contributed by atoms with E-state index in [0.717, 1.165) is 0 Å². The predicted molar refractivity (Wildman–Crippen MR) is 119 cm³/mol.